The lowest BCUT2D eigenvalue weighted by molar-refractivity contribution is 0.324. The number of hydrogen-bond acceptors (Lipinski definition) is 6. The zero-order chi connectivity index (χ0) is 21.4. The van der Waals surface area contributed by atoms with Crippen molar-refractivity contribution in [3.05, 3.63) is 61.2 Å². The van der Waals surface area contributed by atoms with Gasteiger partial charge in [-0.05, 0) is 30.3 Å². The summed E-state index contributed by atoms with van der Waals surface area (Å²) in [6, 6.07) is 8.80. The molecular weight excluding hydrogens is 456 g/mol. The molecule has 2 aromatic carbocycles. The molecule has 4 rings (SSSR count). The first-order valence-electron chi connectivity index (χ1n) is 8.77. The Morgan fingerprint density at radius 2 is 1.67 bits per heavy atom. The second-order valence-electron chi connectivity index (χ2n) is 6.32. The van der Waals surface area contributed by atoms with Crippen LogP contribution in [0.3, 0.4) is 0 Å². The largest absolute Gasteiger partial charge is 0.493 e. The first-order chi connectivity index (χ1) is 14.5. The molecule has 0 bridgehead atoms. The van der Waals surface area contributed by atoms with Crippen LogP contribution in [-0.2, 0) is 0 Å². The van der Waals surface area contributed by atoms with Crippen LogP contribution in [0.15, 0.2) is 49.5 Å². The number of fused-ring (bicyclic) bond motifs is 3. The number of benzene rings is 2. The quantitative estimate of drug-likeness (QED) is 0.433. The Morgan fingerprint density at radius 3 is 2.30 bits per heavy atom. The molecule has 0 fully saturated rings. The van der Waals surface area contributed by atoms with E-state index >= 15 is 0 Å². The molecule has 0 aliphatic heterocycles. The number of methoxy groups -OCH3 is 3. The molecule has 2 heterocycles. The molecular formula is C20H17BrN4O5. The van der Waals surface area contributed by atoms with Crippen LogP contribution in [-0.4, -0.2) is 42.2 Å². The van der Waals surface area contributed by atoms with Crippen LogP contribution >= 0.6 is 15.9 Å². The summed E-state index contributed by atoms with van der Waals surface area (Å²) in [5.74, 6) is 1.28. The number of aromatic amines is 2. The molecule has 4 aromatic rings. The van der Waals surface area contributed by atoms with Gasteiger partial charge in [-0.25, -0.2) is 4.79 Å². The highest BCUT2D eigenvalue weighted by atomic mass is 79.9. The minimum absolute atomic E-state index is 0.254. The Bertz CT molecular complexity index is 1390. The van der Waals surface area contributed by atoms with E-state index in [-0.39, 0.29) is 5.52 Å². The van der Waals surface area contributed by atoms with E-state index in [2.05, 4.69) is 31.0 Å². The molecule has 0 radical (unpaired) electrons. The van der Waals surface area contributed by atoms with Gasteiger partial charge >= 0.3 is 11.2 Å². The van der Waals surface area contributed by atoms with E-state index in [0.29, 0.717) is 28.3 Å². The number of nitrogens with zero attached hydrogens (tertiary/aromatic N) is 2. The van der Waals surface area contributed by atoms with Gasteiger partial charge in [0.1, 0.15) is 5.52 Å². The van der Waals surface area contributed by atoms with Crippen molar-refractivity contribution < 1.29 is 14.2 Å². The van der Waals surface area contributed by atoms with E-state index in [1.165, 1.54) is 27.5 Å². The predicted octanol–water partition coefficient (Wildman–Crippen LogP) is 2.84. The van der Waals surface area contributed by atoms with Crippen LogP contribution in [0.5, 0.6) is 17.2 Å². The van der Waals surface area contributed by atoms with Crippen LogP contribution in [0, 0.1) is 0 Å². The van der Waals surface area contributed by atoms with Crippen molar-refractivity contribution in [3.8, 4) is 17.2 Å². The summed E-state index contributed by atoms with van der Waals surface area (Å²) in [7, 11) is 4.49. The summed E-state index contributed by atoms with van der Waals surface area (Å²) in [5.41, 5.74) is 0.746. The lowest BCUT2D eigenvalue weighted by Gasteiger charge is -2.12. The van der Waals surface area contributed by atoms with Crippen molar-refractivity contribution in [1.82, 2.24) is 14.6 Å². The fourth-order valence-electron chi connectivity index (χ4n) is 3.22. The SMILES string of the molecule is COc1cc(/C=N/n2c(=O)[nH]c3c([nH]c4ccc(Br)cc43)c2=O)cc(OC)c1OC. The monoisotopic (exact) mass is 472 g/mol. The van der Waals surface area contributed by atoms with Crippen molar-refractivity contribution in [2.45, 2.75) is 0 Å². The molecule has 0 amide bonds. The van der Waals surface area contributed by atoms with Gasteiger partial charge in [0.2, 0.25) is 5.75 Å². The standard InChI is InChI=1S/C20H17BrN4O5/c1-28-14-6-10(7-15(29-2)18(14)30-3)9-22-25-19(26)17-16(24-20(25)27)12-8-11(21)4-5-13(12)23-17/h4-9,23H,1-3H3,(H,24,27)/b22-9+. The maximum atomic E-state index is 12.9. The van der Waals surface area contributed by atoms with E-state index < -0.39 is 11.2 Å². The fourth-order valence-corrected chi connectivity index (χ4v) is 3.58. The van der Waals surface area contributed by atoms with Crippen molar-refractivity contribution in [2.24, 2.45) is 5.10 Å². The highest BCUT2D eigenvalue weighted by molar-refractivity contribution is 9.10. The number of H-pyrrole nitrogens is 2. The third-order valence-corrected chi connectivity index (χ3v) is 5.09. The highest BCUT2D eigenvalue weighted by Gasteiger charge is 2.14. The second kappa shape index (κ2) is 7.71. The van der Waals surface area contributed by atoms with Gasteiger partial charge in [0.15, 0.2) is 11.5 Å². The lowest BCUT2D eigenvalue weighted by Crippen LogP contribution is -2.32. The Labute approximate surface area is 178 Å². The van der Waals surface area contributed by atoms with Crippen LogP contribution in [0.1, 0.15) is 5.56 Å². The number of aromatic nitrogens is 3. The van der Waals surface area contributed by atoms with Crippen LogP contribution in [0.25, 0.3) is 21.9 Å². The summed E-state index contributed by atoms with van der Waals surface area (Å²) in [6.07, 6.45) is 1.37. The van der Waals surface area contributed by atoms with Crippen molar-refractivity contribution in [1.29, 1.82) is 0 Å². The molecule has 10 heteroatoms. The molecule has 0 saturated carbocycles. The number of nitrogens with one attached hydrogen (secondary N) is 2. The van der Waals surface area contributed by atoms with Crippen LogP contribution < -0.4 is 25.5 Å². The lowest BCUT2D eigenvalue weighted by atomic mass is 10.2. The Kier molecular flexibility index (Phi) is 5.08. The summed E-state index contributed by atoms with van der Waals surface area (Å²) in [5, 5.41) is 4.80. The van der Waals surface area contributed by atoms with E-state index in [4.69, 9.17) is 14.2 Å². The maximum absolute atomic E-state index is 12.9. The molecule has 0 aliphatic rings. The molecule has 0 spiro atoms. The molecule has 2 N–H and O–H groups in total. The molecule has 0 saturated heterocycles. The first-order valence-corrected chi connectivity index (χ1v) is 9.56. The molecule has 0 atom stereocenters. The molecule has 0 aliphatic carbocycles. The van der Waals surface area contributed by atoms with E-state index in [0.717, 1.165) is 20.1 Å². The topological polar surface area (TPSA) is 111 Å². The molecule has 2 aromatic heterocycles. The van der Waals surface area contributed by atoms with E-state index in [1.807, 2.05) is 18.2 Å². The molecule has 0 unspecified atom stereocenters. The van der Waals surface area contributed by atoms with Gasteiger partial charge in [0.25, 0.3) is 0 Å². The van der Waals surface area contributed by atoms with Gasteiger partial charge < -0.3 is 24.2 Å². The predicted molar refractivity (Wildman–Crippen MR) is 117 cm³/mol. The average Bonchev–Trinajstić information content (AvgIpc) is 3.10. The zero-order valence-electron chi connectivity index (χ0n) is 16.3. The number of hydrogen-bond donors (Lipinski definition) is 2. The molecule has 154 valence electrons. The first kappa shape index (κ1) is 19.8. The Morgan fingerprint density at radius 1 is 0.967 bits per heavy atom. The third kappa shape index (κ3) is 3.24. The smallest absolute Gasteiger partial charge is 0.350 e. The minimum Gasteiger partial charge on any atom is -0.493 e. The van der Waals surface area contributed by atoms with Crippen molar-refractivity contribution in [2.75, 3.05) is 21.3 Å². The minimum atomic E-state index is -0.655. The van der Waals surface area contributed by atoms with Gasteiger partial charge in [0, 0.05) is 20.9 Å². The summed E-state index contributed by atoms with van der Waals surface area (Å²) < 4.78 is 17.5. The summed E-state index contributed by atoms with van der Waals surface area (Å²) in [6.45, 7) is 0. The Hall–Kier alpha value is -3.53. The van der Waals surface area contributed by atoms with E-state index in [9.17, 15) is 9.59 Å². The van der Waals surface area contributed by atoms with Gasteiger partial charge in [-0.15, -0.1) is 4.68 Å². The number of rotatable bonds is 5. The maximum Gasteiger partial charge on any atom is 0.350 e. The summed E-state index contributed by atoms with van der Waals surface area (Å²) in [4.78, 5) is 31.2. The number of halogens is 1. The van der Waals surface area contributed by atoms with E-state index in [1.54, 1.807) is 12.1 Å². The summed E-state index contributed by atoms with van der Waals surface area (Å²) >= 11 is 3.40. The van der Waals surface area contributed by atoms with Gasteiger partial charge in [-0.1, -0.05) is 15.9 Å². The third-order valence-electron chi connectivity index (χ3n) is 4.60. The van der Waals surface area contributed by atoms with Crippen molar-refractivity contribution >= 4 is 44.1 Å². The Balaban J connectivity index is 1.85. The van der Waals surface area contributed by atoms with Gasteiger partial charge in [-0.2, -0.15) is 5.10 Å². The van der Waals surface area contributed by atoms with Crippen molar-refractivity contribution in [3.63, 3.8) is 0 Å². The normalized spacial score (nSPS) is 11.5. The number of ether oxygens (including phenoxy) is 3. The fraction of sp³-hybridized carbons (Fsp3) is 0.150. The second-order valence-corrected chi connectivity index (χ2v) is 7.23. The highest BCUT2D eigenvalue weighted by Crippen LogP contribution is 2.37. The van der Waals surface area contributed by atoms with Crippen LogP contribution in [0.2, 0.25) is 0 Å². The van der Waals surface area contributed by atoms with Gasteiger partial charge in [-0.3, -0.25) is 4.79 Å². The van der Waals surface area contributed by atoms with Gasteiger partial charge in [0.05, 0.1) is 33.1 Å². The molecule has 30 heavy (non-hydrogen) atoms. The average molecular weight is 473 g/mol. The molecule has 9 nitrogen and oxygen atoms in total. The zero-order valence-corrected chi connectivity index (χ0v) is 17.9. The van der Waals surface area contributed by atoms with Crippen LogP contribution in [0.4, 0.5) is 0 Å².